The van der Waals surface area contributed by atoms with Gasteiger partial charge < -0.3 is 4.57 Å². The maximum atomic E-state index is 6.17. The van der Waals surface area contributed by atoms with E-state index in [2.05, 4.69) is 53.2 Å². The summed E-state index contributed by atoms with van der Waals surface area (Å²) in [6.45, 7) is 4.27. The van der Waals surface area contributed by atoms with E-state index in [0.717, 1.165) is 21.3 Å². The topological polar surface area (TPSA) is 29.3 Å². The average molecular weight is 368 g/mol. The van der Waals surface area contributed by atoms with Gasteiger partial charge in [0.15, 0.2) is 0 Å². The van der Waals surface area contributed by atoms with Crippen LogP contribution in [-0.2, 0) is 0 Å². The van der Waals surface area contributed by atoms with Crippen LogP contribution in [0.4, 0.5) is 0 Å². The Hall–Kier alpha value is -2.17. The molecule has 0 radical (unpaired) electrons. The molecule has 0 unspecified atom stereocenters. The highest BCUT2D eigenvalue weighted by molar-refractivity contribution is 8.14. The number of aromatic nitrogens is 1. The van der Waals surface area contributed by atoms with Crippen LogP contribution in [-0.4, -0.2) is 9.61 Å². The SMILES string of the molecule is Cc1cc([C@H]2NN=C(c3ccccc3)S2)c(C)n1-c1cccc(Cl)c1. The van der Waals surface area contributed by atoms with Crippen molar-refractivity contribution in [3.05, 3.63) is 88.2 Å². The fourth-order valence-corrected chi connectivity index (χ4v) is 4.45. The predicted molar refractivity (Wildman–Crippen MR) is 107 cm³/mol. The summed E-state index contributed by atoms with van der Waals surface area (Å²) in [6, 6.07) is 20.5. The van der Waals surface area contributed by atoms with Gasteiger partial charge in [0.1, 0.15) is 10.4 Å². The first kappa shape index (κ1) is 16.3. The van der Waals surface area contributed by atoms with Crippen molar-refractivity contribution >= 4 is 28.4 Å². The molecule has 4 rings (SSSR count). The van der Waals surface area contributed by atoms with Crippen LogP contribution >= 0.6 is 23.4 Å². The highest BCUT2D eigenvalue weighted by Gasteiger charge is 2.26. The molecule has 0 amide bonds. The van der Waals surface area contributed by atoms with Gasteiger partial charge in [0.05, 0.1) is 0 Å². The first-order valence-electron chi connectivity index (χ1n) is 8.13. The highest BCUT2D eigenvalue weighted by Crippen LogP contribution is 2.37. The Morgan fingerprint density at radius 2 is 1.84 bits per heavy atom. The number of hydrazone groups is 1. The van der Waals surface area contributed by atoms with Crippen LogP contribution in [0, 0.1) is 13.8 Å². The molecule has 126 valence electrons. The summed E-state index contributed by atoms with van der Waals surface area (Å²) in [7, 11) is 0. The van der Waals surface area contributed by atoms with Crippen LogP contribution in [0.25, 0.3) is 5.69 Å². The van der Waals surface area contributed by atoms with Gasteiger partial charge in [-0.3, -0.25) is 5.43 Å². The zero-order valence-electron chi connectivity index (χ0n) is 14.0. The Bertz CT molecular complexity index is 947. The van der Waals surface area contributed by atoms with Crippen LogP contribution in [0.5, 0.6) is 0 Å². The van der Waals surface area contributed by atoms with Crippen molar-refractivity contribution in [3.8, 4) is 5.69 Å². The van der Waals surface area contributed by atoms with Gasteiger partial charge in [0.2, 0.25) is 0 Å². The van der Waals surface area contributed by atoms with E-state index >= 15 is 0 Å². The molecular weight excluding hydrogens is 350 g/mol. The third kappa shape index (κ3) is 3.08. The molecule has 1 N–H and O–H groups in total. The minimum atomic E-state index is 0.120. The normalized spacial score (nSPS) is 16.6. The summed E-state index contributed by atoms with van der Waals surface area (Å²) >= 11 is 7.92. The summed E-state index contributed by atoms with van der Waals surface area (Å²) in [6.07, 6.45) is 0. The van der Waals surface area contributed by atoms with E-state index in [1.165, 1.54) is 17.0 Å². The van der Waals surface area contributed by atoms with E-state index in [-0.39, 0.29) is 5.37 Å². The molecule has 0 saturated carbocycles. The molecule has 1 aliphatic heterocycles. The van der Waals surface area contributed by atoms with E-state index in [4.69, 9.17) is 11.6 Å². The van der Waals surface area contributed by atoms with E-state index in [0.29, 0.717) is 0 Å². The first-order chi connectivity index (χ1) is 12.1. The largest absolute Gasteiger partial charge is 0.318 e. The maximum Gasteiger partial charge on any atom is 0.126 e. The third-order valence-corrected chi connectivity index (χ3v) is 5.73. The highest BCUT2D eigenvalue weighted by atomic mass is 35.5. The minimum absolute atomic E-state index is 0.120. The maximum absolute atomic E-state index is 6.17. The quantitative estimate of drug-likeness (QED) is 0.667. The molecule has 1 aliphatic rings. The monoisotopic (exact) mass is 367 g/mol. The van der Waals surface area contributed by atoms with Gasteiger partial charge in [0, 0.05) is 33.2 Å². The lowest BCUT2D eigenvalue weighted by molar-refractivity contribution is 0.737. The average Bonchev–Trinajstić information content (AvgIpc) is 3.20. The fraction of sp³-hybridized carbons (Fsp3) is 0.150. The van der Waals surface area contributed by atoms with Gasteiger partial charge in [-0.2, -0.15) is 5.10 Å². The number of hydrogen-bond acceptors (Lipinski definition) is 3. The summed E-state index contributed by atoms with van der Waals surface area (Å²) < 4.78 is 2.24. The van der Waals surface area contributed by atoms with Gasteiger partial charge in [0.25, 0.3) is 0 Å². The Morgan fingerprint density at radius 3 is 2.60 bits per heavy atom. The van der Waals surface area contributed by atoms with Crippen molar-refractivity contribution in [2.45, 2.75) is 19.2 Å². The second-order valence-corrected chi connectivity index (χ2v) is 7.58. The fourth-order valence-electron chi connectivity index (χ4n) is 3.19. The van der Waals surface area contributed by atoms with Crippen LogP contribution < -0.4 is 5.43 Å². The summed E-state index contributed by atoms with van der Waals surface area (Å²) in [5.41, 5.74) is 9.14. The molecule has 3 aromatic rings. The van der Waals surface area contributed by atoms with Gasteiger partial charge in [-0.1, -0.05) is 59.8 Å². The Kier molecular flexibility index (Phi) is 4.32. The first-order valence-corrected chi connectivity index (χ1v) is 9.39. The molecule has 0 fully saturated rings. The predicted octanol–water partition coefficient (Wildman–Crippen LogP) is 5.44. The zero-order valence-corrected chi connectivity index (χ0v) is 15.6. The van der Waals surface area contributed by atoms with Crippen LogP contribution in [0.2, 0.25) is 5.02 Å². The van der Waals surface area contributed by atoms with Crippen molar-refractivity contribution in [2.24, 2.45) is 5.10 Å². The zero-order chi connectivity index (χ0) is 17.4. The standard InChI is InChI=1S/C20H18ClN3S/c1-13-11-18(14(2)24(13)17-10-6-9-16(21)12-17)20-23-22-19(25-20)15-7-4-3-5-8-15/h3-12,20,23H,1-2H3/t20-/m0/s1. The molecule has 0 spiro atoms. The van der Waals surface area contributed by atoms with Crippen molar-refractivity contribution in [1.29, 1.82) is 0 Å². The smallest absolute Gasteiger partial charge is 0.126 e. The number of nitrogens with zero attached hydrogens (tertiary/aromatic N) is 2. The van der Waals surface area contributed by atoms with Gasteiger partial charge in [-0.15, -0.1) is 0 Å². The summed E-state index contributed by atoms with van der Waals surface area (Å²) in [5.74, 6) is 0. The van der Waals surface area contributed by atoms with Gasteiger partial charge in [-0.05, 0) is 38.1 Å². The molecule has 2 aromatic carbocycles. The van der Waals surface area contributed by atoms with Gasteiger partial charge >= 0.3 is 0 Å². The lowest BCUT2D eigenvalue weighted by atomic mass is 10.2. The molecule has 0 bridgehead atoms. The Morgan fingerprint density at radius 1 is 1.04 bits per heavy atom. The molecule has 5 heteroatoms. The molecular formula is C20H18ClN3S. The van der Waals surface area contributed by atoms with Crippen molar-refractivity contribution in [1.82, 2.24) is 9.99 Å². The van der Waals surface area contributed by atoms with Crippen molar-refractivity contribution in [2.75, 3.05) is 0 Å². The number of hydrogen-bond donors (Lipinski definition) is 1. The number of nitrogens with one attached hydrogen (secondary N) is 1. The van der Waals surface area contributed by atoms with E-state index < -0.39 is 0 Å². The van der Waals surface area contributed by atoms with E-state index in [1.54, 1.807) is 11.8 Å². The molecule has 1 aromatic heterocycles. The second kappa shape index (κ2) is 6.62. The minimum Gasteiger partial charge on any atom is -0.318 e. The lowest BCUT2D eigenvalue weighted by Gasteiger charge is -2.12. The van der Waals surface area contributed by atoms with E-state index in [1.807, 2.05) is 36.4 Å². The number of aryl methyl sites for hydroxylation is 1. The third-order valence-electron chi connectivity index (χ3n) is 4.35. The molecule has 3 nitrogen and oxygen atoms in total. The van der Waals surface area contributed by atoms with Crippen LogP contribution in [0.1, 0.15) is 27.9 Å². The van der Waals surface area contributed by atoms with Gasteiger partial charge in [-0.25, -0.2) is 0 Å². The van der Waals surface area contributed by atoms with E-state index in [9.17, 15) is 0 Å². The number of halogens is 1. The molecule has 0 saturated heterocycles. The van der Waals surface area contributed by atoms with Crippen LogP contribution in [0.15, 0.2) is 65.8 Å². The Balaban J connectivity index is 1.64. The van der Waals surface area contributed by atoms with Crippen molar-refractivity contribution in [3.63, 3.8) is 0 Å². The second-order valence-electron chi connectivity index (χ2n) is 6.05. The van der Waals surface area contributed by atoms with Crippen molar-refractivity contribution < 1.29 is 0 Å². The molecule has 2 heterocycles. The number of benzene rings is 2. The summed E-state index contributed by atoms with van der Waals surface area (Å²) in [4.78, 5) is 0. The Labute approximate surface area is 156 Å². The summed E-state index contributed by atoms with van der Waals surface area (Å²) in [5, 5.41) is 6.42. The molecule has 25 heavy (non-hydrogen) atoms. The molecule has 1 atom stereocenters. The number of thioether (sulfide) groups is 1. The van der Waals surface area contributed by atoms with Crippen LogP contribution in [0.3, 0.4) is 0 Å². The molecule has 0 aliphatic carbocycles. The lowest BCUT2D eigenvalue weighted by Crippen LogP contribution is -2.08. The number of rotatable bonds is 3.